The third-order valence-corrected chi connectivity index (χ3v) is 1.35. The molecule has 4 heteroatoms. The molecule has 0 aromatic carbocycles. The van der Waals surface area contributed by atoms with Crippen molar-refractivity contribution in [1.82, 2.24) is 15.3 Å². The Morgan fingerprint density at radius 3 is 2.40 bits per heavy atom. The third kappa shape index (κ3) is 4.29. The van der Waals surface area contributed by atoms with Gasteiger partial charge < -0.3 is 5.32 Å². The smallest absolute Gasteiger partial charge is 0.207 e. The van der Waals surface area contributed by atoms with Gasteiger partial charge in [-0.15, -0.1) is 0 Å². The van der Waals surface area contributed by atoms with Crippen LogP contribution < -0.4 is 5.32 Å². The lowest BCUT2D eigenvalue weighted by molar-refractivity contribution is -0.109. The summed E-state index contributed by atoms with van der Waals surface area (Å²) in [5, 5.41) is 6.56. The van der Waals surface area contributed by atoms with E-state index in [9.17, 15) is 4.79 Å². The van der Waals surface area contributed by atoms with E-state index in [0.717, 1.165) is 6.54 Å². The maximum absolute atomic E-state index is 9.81. The van der Waals surface area contributed by atoms with E-state index in [1.54, 1.807) is 0 Å². The van der Waals surface area contributed by atoms with Crippen LogP contribution in [0.3, 0.4) is 0 Å². The van der Waals surface area contributed by atoms with Crippen molar-refractivity contribution in [2.75, 3.05) is 34.2 Å². The number of amides is 1. The molecule has 0 bridgehead atoms. The molecule has 1 N–H and O–H groups in total. The number of rotatable bonds is 5. The first kappa shape index (κ1) is 9.39. The second kappa shape index (κ2) is 5.20. The zero-order chi connectivity index (χ0) is 7.98. The minimum atomic E-state index is 0.693. The lowest BCUT2D eigenvalue weighted by Gasteiger charge is -2.23. The normalized spacial score (nSPS) is 10.5. The van der Waals surface area contributed by atoms with Gasteiger partial charge >= 0.3 is 0 Å². The van der Waals surface area contributed by atoms with Crippen molar-refractivity contribution in [1.29, 1.82) is 0 Å². The average Bonchev–Trinajstić information content (AvgIpc) is 1.88. The van der Waals surface area contributed by atoms with Crippen LogP contribution in [0.4, 0.5) is 0 Å². The number of hydrogen-bond acceptors (Lipinski definition) is 3. The molecular formula is C6H15N3O. The minimum absolute atomic E-state index is 0.693. The van der Waals surface area contributed by atoms with Gasteiger partial charge in [0, 0.05) is 34.2 Å². The second-order valence-electron chi connectivity index (χ2n) is 2.30. The molecule has 0 atom stereocenters. The van der Waals surface area contributed by atoms with Gasteiger partial charge in [0.15, 0.2) is 0 Å². The van der Waals surface area contributed by atoms with Gasteiger partial charge in [-0.1, -0.05) is 0 Å². The van der Waals surface area contributed by atoms with Gasteiger partial charge in [0.1, 0.15) is 0 Å². The number of hydrogen-bond donors (Lipinski definition) is 1. The molecule has 0 aromatic heterocycles. The Labute approximate surface area is 61.8 Å². The van der Waals surface area contributed by atoms with E-state index in [1.807, 2.05) is 31.2 Å². The molecule has 4 nitrogen and oxygen atoms in total. The number of hydrazine groups is 1. The van der Waals surface area contributed by atoms with Crippen LogP contribution in [-0.2, 0) is 4.79 Å². The van der Waals surface area contributed by atoms with Crippen molar-refractivity contribution in [3.8, 4) is 0 Å². The van der Waals surface area contributed by atoms with E-state index < -0.39 is 0 Å². The summed E-state index contributed by atoms with van der Waals surface area (Å²) in [4.78, 5) is 9.81. The Balaban J connectivity index is 3.21. The van der Waals surface area contributed by atoms with E-state index in [4.69, 9.17) is 0 Å². The lowest BCUT2D eigenvalue weighted by Crippen LogP contribution is -2.37. The molecule has 0 spiro atoms. The van der Waals surface area contributed by atoms with Crippen molar-refractivity contribution in [3.05, 3.63) is 0 Å². The fourth-order valence-corrected chi connectivity index (χ4v) is 0.485. The summed E-state index contributed by atoms with van der Waals surface area (Å²) in [6.07, 6.45) is 0.712. The molecular weight excluding hydrogens is 130 g/mol. The Morgan fingerprint density at radius 2 is 2.00 bits per heavy atom. The Kier molecular flexibility index (Phi) is 4.88. The maximum atomic E-state index is 9.81. The Hall–Kier alpha value is -0.610. The molecule has 0 saturated carbocycles. The molecule has 0 fully saturated rings. The van der Waals surface area contributed by atoms with Gasteiger partial charge in [0.25, 0.3) is 0 Å². The van der Waals surface area contributed by atoms with Crippen LogP contribution >= 0.6 is 0 Å². The highest BCUT2D eigenvalue weighted by molar-refractivity contribution is 5.45. The highest BCUT2D eigenvalue weighted by Gasteiger charge is 1.96. The van der Waals surface area contributed by atoms with E-state index in [2.05, 4.69) is 5.32 Å². The van der Waals surface area contributed by atoms with Gasteiger partial charge in [-0.3, -0.25) is 4.79 Å². The molecule has 0 heterocycles. The van der Waals surface area contributed by atoms with Crippen LogP contribution in [0.2, 0.25) is 0 Å². The van der Waals surface area contributed by atoms with Crippen LogP contribution in [0, 0.1) is 0 Å². The van der Waals surface area contributed by atoms with Gasteiger partial charge in [0.2, 0.25) is 6.41 Å². The summed E-state index contributed by atoms with van der Waals surface area (Å²) >= 11 is 0. The molecule has 1 amide bonds. The van der Waals surface area contributed by atoms with Crippen LogP contribution in [-0.4, -0.2) is 50.7 Å². The quantitative estimate of drug-likeness (QED) is 0.311. The highest BCUT2D eigenvalue weighted by Crippen LogP contribution is 1.81. The summed E-state index contributed by atoms with van der Waals surface area (Å²) < 4.78 is 0. The fourth-order valence-electron chi connectivity index (χ4n) is 0.485. The highest BCUT2D eigenvalue weighted by atomic mass is 16.1. The van der Waals surface area contributed by atoms with Crippen molar-refractivity contribution in [2.24, 2.45) is 0 Å². The molecule has 0 rings (SSSR count). The van der Waals surface area contributed by atoms with Crippen molar-refractivity contribution >= 4 is 6.41 Å². The van der Waals surface area contributed by atoms with E-state index in [1.165, 1.54) is 0 Å². The Morgan fingerprint density at radius 1 is 1.40 bits per heavy atom. The predicted octanol–water partition coefficient (Wildman–Crippen LogP) is -0.859. The Bertz CT molecular complexity index is 95.0. The van der Waals surface area contributed by atoms with Crippen LogP contribution in [0.5, 0.6) is 0 Å². The van der Waals surface area contributed by atoms with Gasteiger partial charge in [-0.05, 0) is 0 Å². The van der Waals surface area contributed by atoms with E-state index >= 15 is 0 Å². The summed E-state index contributed by atoms with van der Waals surface area (Å²) in [7, 11) is 5.88. The number of nitrogens with one attached hydrogen (secondary N) is 1. The largest absolute Gasteiger partial charge is 0.357 e. The van der Waals surface area contributed by atoms with Crippen molar-refractivity contribution in [3.63, 3.8) is 0 Å². The monoisotopic (exact) mass is 145 g/mol. The predicted molar refractivity (Wildman–Crippen MR) is 40.4 cm³/mol. The first-order valence-corrected chi connectivity index (χ1v) is 3.24. The van der Waals surface area contributed by atoms with Crippen LogP contribution in [0.25, 0.3) is 0 Å². The minimum Gasteiger partial charge on any atom is -0.357 e. The first-order chi connectivity index (χ1) is 4.68. The number of carbonyl (C=O) groups excluding carboxylic acids is 1. The standard InChI is InChI=1S/C6H15N3O/c1-8(2)9(3)5-4-7-6-10/h6H,4-5H2,1-3H3,(H,7,10). The maximum Gasteiger partial charge on any atom is 0.207 e. The summed E-state index contributed by atoms with van der Waals surface area (Å²) in [5.41, 5.74) is 0. The van der Waals surface area contributed by atoms with Gasteiger partial charge in [-0.25, -0.2) is 10.0 Å². The average molecular weight is 145 g/mol. The van der Waals surface area contributed by atoms with Crippen LogP contribution in [0.1, 0.15) is 0 Å². The molecule has 0 radical (unpaired) electrons. The first-order valence-electron chi connectivity index (χ1n) is 3.24. The zero-order valence-electron chi connectivity index (χ0n) is 6.79. The topological polar surface area (TPSA) is 35.6 Å². The van der Waals surface area contributed by atoms with Crippen molar-refractivity contribution < 1.29 is 4.79 Å². The molecule has 10 heavy (non-hydrogen) atoms. The number of carbonyl (C=O) groups is 1. The number of likely N-dealkylation sites (N-methyl/N-ethyl adjacent to an activating group) is 1. The summed E-state index contributed by atoms with van der Waals surface area (Å²) in [6.45, 7) is 1.53. The molecule has 0 saturated heterocycles. The van der Waals surface area contributed by atoms with Crippen LogP contribution in [0.15, 0.2) is 0 Å². The molecule has 0 aliphatic heterocycles. The second-order valence-corrected chi connectivity index (χ2v) is 2.30. The van der Waals surface area contributed by atoms with Gasteiger partial charge in [-0.2, -0.15) is 0 Å². The number of nitrogens with zero attached hydrogens (tertiary/aromatic N) is 2. The molecule has 60 valence electrons. The van der Waals surface area contributed by atoms with E-state index in [-0.39, 0.29) is 0 Å². The van der Waals surface area contributed by atoms with E-state index in [0.29, 0.717) is 13.0 Å². The molecule has 0 aromatic rings. The summed E-state index contributed by atoms with van der Waals surface area (Å²) in [5.74, 6) is 0. The lowest BCUT2D eigenvalue weighted by atomic mass is 10.6. The van der Waals surface area contributed by atoms with Crippen molar-refractivity contribution in [2.45, 2.75) is 0 Å². The SMILES string of the molecule is CN(C)N(C)CCNC=O. The van der Waals surface area contributed by atoms with Gasteiger partial charge in [0.05, 0.1) is 0 Å². The summed E-state index contributed by atoms with van der Waals surface area (Å²) in [6, 6.07) is 0. The zero-order valence-corrected chi connectivity index (χ0v) is 6.79. The third-order valence-electron chi connectivity index (χ3n) is 1.35. The molecule has 0 aliphatic carbocycles. The fraction of sp³-hybridized carbons (Fsp3) is 0.833. The molecule has 0 unspecified atom stereocenters. The molecule has 0 aliphatic rings.